The molecule has 3 amide bonds. The number of piperidine rings is 2. The summed E-state index contributed by atoms with van der Waals surface area (Å²) in [5.74, 6) is 0.925. The Balaban J connectivity index is 1.75. The van der Waals surface area contributed by atoms with E-state index in [0.29, 0.717) is 18.5 Å². The first-order valence-electron chi connectivity index (χ1n) is 9.55. The van der Waals surface area contributed by atoms with Crippen molar-refractivity contribution in [2.45, 2.75) is 52.5 Å². The van der Waals surface area contributed by atoms with Crippen LogP contribution in [0, 0.1) is 11.8 Å². The normalized spacial score (nSPS) is 23.3. The molecule has 0 spiro atoms. The van der Waals surface area contributed by atoms with Crippen molar-refractivity contribution in [2.24, 2.45) is 11.8 Å². The first-order valence-corrected chi connectivity index (χ1v) is 9.55. The summed E-state index contributed by atoms with van der Waals surface area (Å²) in [5, 5.41) is 5.76. The highest BCUT2D eigenvalue weighted by atomic mass is 16.2. The van der Waals surface area contributed by atoms with Gasteiger partial charge in [0.1, 0.15) is 0 Å². The number of amides is 3. The van der Waals surface area contributed by atoms with Crippen LogP contribution in [0.15, 0.2) is 0 Å². The number of carbonyl (C=O) groups excluding carboxylic acids is 2. The smallest absolute Gasteiger partial charge is 0.314 e. The molecule has 24 heavy (non-hydrogen) atoms. The van der Waals surface area contributed by atoms with E-state index in [9.17, 15) is 9.59 Å². The van der Waals surface area contributed by atoms with E-state index in [1.54, 1.807) is 0 Å². The highest BCUT2D eigenvalue weighted by molar-refractivity contribution is 5.78. The SMILES string of the molecule is CCNC(=O)NC[C@@H]1CCCN(C2CCN(C(=O)C(C)C)CC2)C1. The summed E-state index contributed by atoms with van der Waals surface area (Å²) >= 11 is 0. The molecule has 0 unspecified atom stereocenters. The molecule has 0 aromatic carbocycles. The van der Waals surface area contributed by atoms with E-state index in [2.05, 4.69) is 15.5 Å². The molecule has 2 N–H and O–H groups in total. The molecule has 2 rings (SSSR count). The van der Waals surface area contributed by atoms with E-state index < -0.39 is 0 Å². The maximum Gasteiger partial charge on any atom is 0.314 e. The summed E-state index contributed by atoms with van der Waals surface area (Å²) in [6.45, 7) is 11.3. The van der Waals surface area contributed by atoms with E-state index in [1.807, 2.05) is 25.7 Å². The number of hydrogen-bond donors (Lipinski definition) is 2. The molecule has 2 heterocycles. The zero-order valence-electron chi connectivity index (χ0n) is 15.5. The number of rotatable bonds is 5. The van der Waals surface area contributed by atoms with Crippen LogP contribution in [-0.4, -0.2) is 67.0 Å². The van der Waals surface area contributed by atoms with Crippen LogP contribution < -0.4 is 10.6 Å². The standard InChI is InChI=1S/C18H34N4O2/c1-4-19-18(24)20-12-15-6-5-9-22(13-15)16-7-10-21(11-8-16)17(23)14(2)3/h14-16H,4-13H2,1-3H3,(H2,19,20,24)/t15-/m0/s1. The second kappa shape index (κ2) is 9.25. The van der Waals surface area contributed by atoms with Gasteiger partial charge >= 0.3 is 6.03 Å². The molecule has 2 fully saturated rings. The summed E-state index contributed by atoms with van der Waals surface area (Å²) in [6.07, 6.45) is 4.55. The highest BCUT2D eigenvalue weighted by Gasteiger charge is 2.30. The summed E-state index contributed by atoms with van der Waals surface area (Å²) < 4.78 is 0. The number of nitrogens with zero attached hydrogens (tertiary/aromatic N) is 2. The van der Waals surface area contributed by atoms with E-state index in [1.165, 1.54) is 12.8 Å². The Morgan fingerprint density at radius 2 is 1.79 bits per heavy atom. The van der Waals surface area contributed by atoms with Crippen LogP contribution in [0.3, 0.4) is 0 Å². The number of carbonyl (C=O) groups is 2. The lowest BCUT2D eigenvalue weighted by Gasteiger charge is -2.42. The molecule has 138 valence electrons. The summed E-state index contributed by atoms with van der Waals surface area (Å²) in [7, 11) is 0. The fraction of sp³-hybridized carbons (Fsp3) is 0.889. The average molecular weight is 338 g/mol. The van der Waals surface area contributed by atoms with Crippen molar-refractivity contribution in [3.05, 3.63) is 0 Å². The molecule has 0 aliphatic carbocycles. The van der Waals surface area contributed by atoms with Crippen LogP contribution in [0.25, 0.3) is 0 Å². The van der Waals surface area contributed by atoms with Gasteiger partial charge in [-0.05, 0) is 45.1 Å². The second-order valence-corrected chi connectivity index (χ2v) is 7.45. The van der Waals surface area contributed by atoms with E-state index in [4.69, 9.17) is 0 Å². The van der Waals surface area contributed by atoms with Crippen LogP contribution in [0.1, 0.15) is 46.5 Å². The minimum atomic E-state index is -0.0601. The van der Waals surface area contributed by atoms with Crippen LogP contribution in [0.5, 0.6) is 0 Å². The number of likely N-dealkylation sites (tertiary alicyclic amines) is 2. The van der Waals surface area contributed by atoms with Gasteiger partial charge in [-0.2, -0.15) is 0 Å². The lowest BCUT2D eigenvalue weighted by Crippen LogP contribution is -2.51. The third-order valence-electron chi connectivity index (χ3n) is 5.23. The minimum absolute atomic E-state index is 0.0601. The maximum atomic E-state index is 12.1. The molecule has 0 bridgehead atoms. The predicted molar refractivity (Wildman–Crippen MR) is 95.8 cm³/mol. The van der Waals surface area contributed by atoms with Crippen LogP contribution in [-0.2, 0) is 4.79 Å². The van der Waals surface area contributed by atoms with Crippen molar-refractivity contribution >= 4 is 11.9 Å². The lowest BCUT2D eigenvalue weighted by atomic mass is 9.93. The fourth-order valence-electron chi connectivity index (χ4n) is 3.87. The van der Waals surface area contributed by atoms with E-state index in [-0.39, 0.29) is 17.9 Å². The third kappa shape index (κ3) is 5.36. The van der Waals surface area contributed by atoms with Gasteiger partial charge in [0, 0.05) is 44.7 Å². The van der Waals surface area contributed by atoms with Gasteiger partial charge in [0.2, 0.25) is 5.91 Å². The molecular formula is C18H34N4O2. The fourth-order valence-corrected chi connectivity index (χ4v) is 3.87. The molecule has 2 aliphatic rings. The summed E-state index contributed by atoms with van der Waals surface area (Å²) in [6, 6.07) is 0.531. The Bertz CT molecular complexity index is 419. The van der Waals surface area contributed by atoms with Crippen molar-refractivity contribution in [1.82, 2.24) is 20.4 Å². The molecule has 1 atom stereocenters. The van der Waals surface area contributed by atoms with Gasteiger partial charge in [0.15, 0.2) is 0 Å². The molecule has 6 heteroatoms. The zero-order valence-corrected chi connectivity index (χ0v) is 15.5. The van der Waals surface area contributed by atoms with Gasteiger partial charge in [-0.15, -0.1) is 0 Å². The molecule has 0 radical (unpaired) electrons. The third-order valence-corrected chi connectivity index (χ3v) is 5.23. The van der Waals surface area contributed by atoms with Crippen LogP contribution >= 0.6 is 0 Å². The second-order valence-electron chi connectivity index (χ2n) is 7.45. The van der Waals surface area contributed by atoms with Gasteiger partial charge in [-0.3, -0.25) is 9.69 Å². The Morgan fingerprint density at radius 3 is 2.42 bits per heavy atom. The van der Waals surface area contributed by atoms with Gasteiger partial charge in [-0.25, -0.2) is 4.79 Å². The van der Waals surface area contributed by atoms with Gasteiger partial charge < -0.3 is 15.5 Å². The summed E-state index contributed by atoms with van der Waals surface area (Å²) in [4.78, 5) is 28.3. The lowest BCUT2D eigenvalue weighted by molar-refractivity contribution is -0.136. The zero-order chi connectivity index (χ0) is 17.5. The quantitative estimate of drug-likeness (QED) is 0.801. The molecule has 2 aliphatic heterocycles. The van der Waals surface area contributed by atoms with Crippen LogP contribution in [0.2, 0.25) is 0 Å². The molecule has 2 saturated heterocycles. The summed E-state index contributed by atoms with van der Waals surface area (Å²) in [5.41, 5.74) is 0. The first kappa shape index (κ1) is 19.0. The van der Waals surface area contributed by atoms with Gasteiger partial charge in [0.25, 0.3) is 0 Å². The maximum absolute atomic E-state index is 12.1. The molecule has 6 nitrogen and oxygen atoms in total. The average Bonchev–Trinajstić information content (AvgIpc) is 2.60. The van der Waals surface area contributed by atoms with Crippen molar-refractivity contribution in [3.8, 4) is 0 Å². The molecule has 0 aromatic heterocycles. The van der Waals surface area contributed by atoms with Gasteiger partial charge in [-0.1, -0.05) is 13.8 Å². The molecular weight excluding hydrogens is 304 g/mol. The molecule has 0 saturated carbocycles. The Kier molecular flexibility index (Phi) is 7.34. The van der Waals surface area contributed by atoms with Crippen molar-refractivity contribution in [1.29, 1.82) is 0 Å². The molecule has 0 aromatic rings. The number of urea groups is 1. The van der Waals surface area contributed by atoms with Crippen molar-refractivity contribution < 1.29 is 9.59 Å². The van der Waals surface area contributed by atoms with E-state index in [0.717, 1.165) is 45.6 Å². The van der Waals surface area contributed by atoms with Crippen molar-refractivity contribution in [2.75, 3.05) is 39.3 Å². The highest BCUT2D eigenvalue weighted by Crippen LogP contribution is 2.24. The minimum Gasteiger partial charge on any atom is -0.342 e. The van der Waals surface area contributed by atoms with Gasteiger partial charge in [0.05, 0.1) is 0 Å². The predicted octanol–water partition coefficient (Wildman–Crippen LogP) is 1.66. The van der Waals surface area contributed by atoms with Crippen LogP contribution in [0.4, 0.5) is 4.79 Å². The topological polar surface area (TPSA) is 64.7 Å². The monoisotopic (exact) mass is 338 g/mol. The first-order chi connectivity index (χ1) is 11.5. The Hall–Kier alpha value is -1.30. The number of nitrogens with one attached hydrogen (secondary N) is 2. The Morgan fingerprint density at radius 1 is 1.08 bits per heavy atom. The number of hydrogen-bond acceptors (Lipinski definition) is 3. The largest absolute Gasteiger partial charge is 0.342 e. The Labute approximate surface area is 146 Å². The van der Waals surface area contributed by atoms with Crippen molar-refractivity contribution in [3.63, 3.8) is 0 Å². The van der Waals surface area contributed by atoms with E-state index >= 15 is 0 Å².